The number of fused-ring (bicyclic) bond motifs is 1. The molecule has 1 heterocycles. The minimum atomic E-state index is -0.253. The van der Waals surface area contributed by atoms with Crippen LogP contribution < -0.4 is 20.1 Å². The van der Waals surface area contributed by atoms with Gasteiger partial charge in [0.2, 0.25) is 6.79 Å². The molecule has 4 nitrogen and oxygen atoms in total. The molecule has 3 rings (SSSR count). The van der Waals surface area contributed by atoms with Crippen LogP contribution in [-0.2, 0) is 0 Å². The molecule has 2 N–H and O–H groups in total. The van der Waals surface area contributed by atoms with E-state index in [0.717, 1.165) is 17.0 Å². The van der Waals surface area contributed by atoms with Crippen LogP contribution in [0.3, 0.4) is 0 Å². The number of hydrogen-bond donors (Lipinski definition) is 2. The van der Waals surface area contributed by atoms with E-state index in [-0.39, 0.29) is 18.7 Å². The summed E-state index contributed by atoms with van der Waals surface area (Å²) in [7, 11) is 0. The van der Waals surface area contributed by atoms with Crippen molar-refractivity contribution in [3.8, 4) is 11.5 Å². The van der Waals surface area contributed by atoms with E-state index >= 15 is 0 Å². The summed E-state index contributed by atoms with van der Waals surface area (Å²) in [4.78, 5) is 0. The van der Waals surface area contributed by atoms with Crippen LogP contribution in [0.5, 0.6) is 11.5 Å². The summed E-state index contributed by atoms with van der Waals surface area (Å²) in [6.07, 6.45) is 0. The molecule has 1 aliphatic rings. The Hall–Kier alpha value is -2.34. The highest BCUT2D eigenvalue weighted by atomic mass is 32.1. The Morgan fingerprint density at radius 2 is 1.86 bits per heavy atom. The summed E-state index contributed by atoms with van der Waals surface area (Å²) in [6.45, 7) is 2.20. The van der Waals surface area contributed by atoms with Crippen molar-refractivity contribution in [2.45, 2.75) is 13.0 Å². The molecule has 1 unspecified atom stereocenters. The molecule has 6 heteroatoms. The quantitative estimate of drug-likeness (QED) is 0.847. The molecule has 0 amide bonds. The highest BCUT2D eigenvalue weighted by molar-refractivity contribution is 7.80. The van der Waals surface area contributed by atoms with Gasteiger partial charge < -0.3 is 20.1 Å². The number of ether oxygens (including phenoxy) is 2. The first-order chi connectivity index (χ1) is 10.6. The van der Waals surface area contributed by atoms with E-state index in [1.165, 1.54) is 12.1 Å². The zero-order valence-electron chi connectivity index (χ0n) is 11.9. The summed E-state index contributed by atoms with van der Waals surface area (Å²) in [5.41, 5.74) is 1.77. The molecule has 0 aromatic heterocycles. The van der Waals surface area contributed by atoms with Crippen LogP contribution in [0.2, 0.25) is 0 Å². The maximum atomic E-state index is 12.9. The van der Waals surface area contributed by atoms with Crippen molar-refractivity contribution in [1.29, 1.82) is 0 Å². The van der Waals surface area contributed by atoms with Gasteiger partial charge in [-0.1, -0.05) is 12.1 Å². The standard InChI is InChI=1S/C16H15FN2O2S/c1-10(11-2-4-12(17)5-3-11)18-16(22)19-13-6-7-14-15(8-13)21-9-20-14/h2-8,10H,9H2,1H3,(H2,18,19,22). The third-order valence-electron chi connectivity index (χ3n) is 3.35. The van der Waals surface area contributed by atoms with Crippen LogP contribution >= 0.6 is 12.2 Å². The van der Waals surface area contributed by atoms with Crippen LogP contribution in [0.25, 0.3) is 0 Å². The molecule has 1 atom stereocenters. The third kappa shape index (κ3) is 3.28. The molecule has 2 aromatic rings. The van der Waals surface area contributed by atoms with Crippen molar-refractivity contribution in [3.63, 3.8) is 0 Å². The van der Waals surface area contributed by atoms with Crippen LogP contribution in [0.15, 0.2) is 42.5 Å². The highest BCUT2D eigenvalue weighted by Crippen LogP contribution is 2.34. The van der Waals surface area contributed by atoms with Crippen LogP contribution in [0, 0.1) is 5.82 Å². The van der Waals surface area contributed by atoms with E-state index in [4.69, 9.17) is 21.7 Å². The molecular formula is C16H15FN2O2S. The second kappa shape index (κ2) is 6.19. The smallest absolute Gasteiger partial charge is 0.231 e. The summed E-state index contributed by atoms with van der Waals surface area (Å²) < 4.78 is 23.5. The Kier molecular flexibility index (Phi) is 4.11. The Morgan fingerprint density at radius 3 is 2.64 bits per heavy atom. The molecule has 0 saturated carbocycles. The van der Waals surface area contributed by atoms with Crippen LogP contribution in [-0.4, -0.2) is 11.9 Å². The van der Waals surface area contributed by atoms with E-state index in [0.29, 0.717) is 10.9 Å². The van der Waals surface area contributed by atoms with Crippen molar-refractivity contribution in [2.24, 2.45) is 0 Å². The molecule has 0 bridgehead atoms. The Labute approximate surface area is 133 Å². The van der Waals surface area contributed by atoms with E-state index in [1.54, 1.807) is 12.1 Å². The van der Waals surface area contributed by atoms with Gasteiger partial charge in [0, 0.05) is 11.8 Å². The lowest BCUT2D eigenvalue weighted by atomic mass is 10.1. The van der Waals surface area contributed by atoms with E-state index < -0.39 is 0 Å². The average molecular weight is 318 g/mol. The SMILES string of the molecule is CC(NC(=S)Nc1ccc2c(c1)OCO2)c1ccc(F)cc1. The maximum Gasteiger partial charge on any atom is 0.231 e. The van der Waals surface area contributed by atoms with Crippen LogP contribution in [0.4, 0.5) is 10.1 Å². The van der Waals surface area contributed by atoms with Gasteiger partial charge in [0.25, 0.3) is 0 Å². The van der Waals surface area contributed by atoms with Crippen molar-refractivity contribution in [2.75, 3.05) is 12.1 Å². The lowest BCUT2D eigenvalue weighted by molar-refractivity contribution is 0.174. The number of hydrogen-bond acceptors (Lipinski definition) is 3. The second-order valence-corrected chi connectivity index (χ2v) is 5.35. The first kappa shape index (κ1) is 14.6. The fourth-order valence-corrected chi connectivity index (χ4v) is 2.47. The highest BCUT2D eigenvalue weighted by Gasteiger charge is 2.14. The summed E-state index contributed by atoms with van der Waals surface area (Å²) in [5.74, 6) is 1.17. The third-order valence-corrected chi connectivity index (χ3v) is 3.57. The van der Waals surface area contributed by atoms with Gasteiger partial charge in [-0.2, -0.15) is 0 Å². The molecular weight excluding hydrogens is 303 g/mol. The fraction of sp³-hybridized carbons (Fsp3) is 0.188. The van der Waals surface area contributed by atoms with Gasteiger partial charge in [0.05, 0.1) is 6.04 Å². The van der Waals surface area contributed by atoms with Crippen molar-refractivity contribution >= 4 is 23.0 Å². The molecule has 0 spiro atoms. The summed E-state index contributed by atoms with van der Waals surface area (Å²) in [6, 6.07) is 11.8. The molecule has 0 saturated heterocycles. The monoisotopic (exact) mass is 318 g/mol. The van der Waals surface area contributed by atoms with Crippen molar-refractivity contribution in [3.05, 3.63) is 53.8 Å². The predicted molar refractivity (Wildman–Crippen MR) is 86.7 cm³/mol. The molecule has 1 aliphatic heterocycles. The average Bonchev–Trinajstić information content (AvgIpc) is 2.95. The second-order valence-electron chi connectivity index (χ2n) is 4.94. The van der Waals surface area contributed by atoms with Gasteiger partial charge in [-0.05, 0) is 49.0 Å². The fourth-order valence-electron chi connectivity index (χ4n) is 2.17. The van der Waals surface area contributed by atoms with Gasteiger partial charge in [-0.15, -0.1) is 0 Å². The van der Waals surface area contributed by atoms with Crippen LogP contribution in [0.1, 0.15) is 18.5 Å². The minimum Gasteiger partial charge on any atom is -0.454 e. The number of rotatable bonds is 3. The van der Waals surface area contributed by atoms with Crippen molar-refractivity contribution < 1.29 is 13.9 Å². The van der Waals surface area contributed by atoms with Gasteiger partial charge in [0.1, 0.15) is 5.82 Å². The maximum absolute atomic E-state index is 12.9. The van der Waals surface area contributed by atoms with E-state index in [1.807, 2.05) is 25.1 Å². The molecule has 0 aliphatic carbocycles. The first-order valence-corrected chi connectivity index (χ1v) is 7.25. The number of halogens is 1. The molecule has 0 fully saturated rings. The van der Waals surface area contributed by atoms with Gasteiger partial charge >= 0.3 is 0 Å². The predicted octanol–water partition coefficient (Wildman–Crippen LogP) is 3.60. The Balaban J connectivity index is 1.61. The van der Waals surface area contributed by atoms with E-state index in [2.05, 4.69) is 10.6 Å². The summed E-state index contributed by atoms with van der Waals surface area (Å²) >= 11 is 5.30. The van der Waals surface area contributed by atoms with Crippen molar-refractivity contribution in [1.82, 2.24) is 5.32 Å². The largest absolute Gasteiger partial charge is 0.454 e. The zero-order chi connectivity index (χ0) is 15.5. The number of nitrogens with one attached hydrogen (secondary N) is 2. The Morgan fingerprint density at radius 1 is 1.14 bits per heavy atom. The Bertz CT molecular complexity index is 691. The normalized spacial score (nSPS) is 13.5. The van der Waals surface area contributed by atoms with Gasteiger partial charge in [-0.3, -0.25) is 0 Å². The van der Waals surface area contributed by atoms with Gasteiger partial charge in [-0.25, -0.2) is 4.39 Å². The molecule has 22 heavy (non-hydrogen) atoms. The molecule has 2 aromatic carbocycles. The lowest BCUT2D eigenvalue weighted by Crippen LogP contribution is -2.30. The minimum absolute atomic E-state index is 0.0328. The first-order valence-electron chi connectivity index (χ1n) is 6.84. The van der Waals surface area contributed by atoms with Gasteiger partial charge in [0.15, 0.2) is 16.6 Å². The number of benzene rings is 2. The molecule has 0 radical (unpaired) electrons. The number of thiocarbonyl (C=S) groups is 1. The lowest BCUT2D eigenvalue weighted by Gasteiger charge is -2.17. The number of anilines is 1. The molecule has 114 valence electrons. The zero-order valence-corrected chi connectivity index (χ0v) is 12.7. The summed E-state index contributed by atoms with van der Waals surface area (Å²) in [5, 5.41) is 6.73. The topological polar surface area (TPSA) is 42.5 Å². The van der Waals surface area contributed by atoms with E-state index in [9.17, 15) is 4.39 Å².